The number of aromatic nitrogens is 2. The van der Waals surface area contributed by atoms with Crippen molar-refractivity contribution in [3.63, 3.8) is 0 Å². The van der Waals surface area contributed by atoms with Gasteiger partial charge < -0.3 is 5.32 Å². The second kappa shape index (κ2) is 6.18. The number of likely N-dealkylation sites (N-methyl/N-ethyl adjacent to an activating group) is 1. The second-order valence-electron chi connectivity index (χ2n) is 5.22. The van der Waals surface area contributed by atoms with Crippen molar-refractivity contribution in [2.75, 3.05) is 6.54 Å². The van der Waals surface area contributed by atoms with E-state index in [1.54, 1.807) is 6.07 Å². The minimum absolute atomic E-state index is 0.102. The van der Waals surface area contributed by atoms with Gasteiger partial charge in [0.15, 0.2) is 0 Å². The summed E-state index contributed by atoms with van der Waals surface area (Å²) in [5.74, 6) is -0.185. The number of halogens is 1. The van der Waals surface area contributed by atoms with Crippen LogP contribution in [0.3, 0.4) is 0 Å². The Morgan fingerprint density at radius 2 is 2.05 bits per heavy atom. The van der Waals surface area contributed by atoms with E-state index in [0.29, 0.717) is 0 Å². The van der Waals surface area contributed by atoms with Crippen LogP contribution in [-0.2, 0) is 13.5 Å². The van der Waals surface area contributed by atoms with E-state index < -0.39 is 0 Å². The molecule has 0 aliphatic carbocycles. The highest BCUT2D eigenvalue weighted by Crippen LogP contribution is 2.23. The molecule has 2 aromatic rings. The number of rotatable bonds is 5. The van der Waals surface area contributed by atoms with Gasteiger partial charge in [-0.3, -0.25) is 4.68 Å². The fourth-order valence-electron chi connectivity index (χ4n) is 2.59. The lowest BCUT2D eigenvalue weighted by Crippen LogP contribution is -2.24. The molecule has 0 radical (unpaired) electrons. The van der Waals surface area contributed by atoms with Crippen LogP contribution in [0, 0.1) is 19.7 Å². The Morgan fingerprint density at radius 1 is 1.30 bits per heavy atom. The highest BCUT2D eigenvalue weighted by atomic mass is 19.1. The van der Waals surface area contributed by atoms with Crippen molar-refractivity contribution in [2.24, 2.45) is 7.05 Å². The molecule has 0 saturated carbocycles. The topological polar surface area (TPSA) is 29.9 Å². The van der Waals surface area contributed by atoms with Gasteiger partial charge in [-0.05, 0) is 49.7 Å². The number of nitrogens with zero attached hydrogens (tertiary/aromatic N) is 2. The Bertz CT molecular complexity index is 589. The van der Waals surface area contributed by atoms with Crippen LogP contribution >= 0.6 is 0 Å². The summed E-state index contributed by atoms with van der Waals surface area (Å²) in [6.07, 6.45) is 0.801. The Labute approximate surface area is 119 Å². The summed E-state index contributed by atoms with van der Waals surface area (Å²) in [6, 6.07) is 7.16. The summed E-state index contributed by atoms with van der Waals surface area (Å²) in [6.45, 7) is 6.92. The predicted molar refractivity (Wildman–Crippen MR) is 79.2 cm³/mol. The van der Waals surface area contributed by atoms with Gasteiger partial charge in [0.1, 0.15) is 5.82 Å². The van der Waals surface area contributed by atoms with E-state index in [4.69, 9.17) is 0 Å². The van der Waals surface area contributed by atoms with Crippen LogP contribution in [0.25, 0.3) is 0 Å². The van der Waals surface area contributed by atoms with Crippen molar-refractivity contribution in [2.45, 2.75) is 33.2 Å². The zero-order valence-corrected chi connectivity index (χ0v) is 12.6. The summed E-state index contributed by atoms with van der Waals surface area (Å²) >= 11 is 0. The summed E-state index contributed by atoms with van der Waals surface area (Å²) in [5.41, 5.74) is 4.28. The lowest BCUT2D eigenvalue weighted by Gasteiger charge is -2.20. The van der Waals surface area contributed by atoms with Gasteiger partial charge in [0.2, 0.25) is 0 Å². The van der Waals surface area contributed by atoms with Crippen LogP contribution in [0.4, 0.5) is 4.39 Å². The Hall–Kier alpha value is -1.68. The molecule has 0 amide bonds. The number of benzene rings is 1. The van der Waals surface area contributed by atoms with Crippen LogP contribution < -0.4 is 5.32 Å². The molecular weight excluding hydrogens is 253 g/mol. The molecule has 1 N–H and O–H groups in total. The molecule has 0 fully saturated rings. The Morgan fingerprint density at radius 3 is 2.65 bits per heavy atom. The fourth-order valence-corrected chi connectivity index (χ4v) is 2.59. The zero-order chi connectivity index (χ0) is 14.7. The van der Waals surface area contributed by atoms with Crippen molar-refractivity contribution < 1.29 is 4.39 Å². The molecule has 0 bridgehead atoms. The van der Waals surface area contributed by atoms with Gasteiger partial charge in [0, 0.05) is 25.2 Å². The van der Waals surface area contributed by atoms with Crippen molar-refractivity contribution in [3.05, 3.63) is 52.6 Å². The first-order valence-electron chi connectivity index (χ1n) is 7.00. The highest BCUT2D eigenvalue weighted by Gasteiger charge is 2.16. The minimum Gasteiger partial charge on any atom is -0.310 e. The van der Waals surface area contributed by atoms with E-state index in [1.807, 2.05) is 31.6 Å². The minimum atomic E-state index is -0.185. The van der Waals surface area contributed by atoms with Crippen LogP contribution in [0.2, 0.25) is 0 Å². The number of hydrogen-bond donors (Lipinski definition) is 1. The Balaban J connectivity index is 2.31. The van der Waals surface area contributed by atoms with E-state index in [9.17, 15) is 4.39 Å². The molecule has 1 aromatic heterocycles. The lowest BCUT2D eigenvalue weighted by atomic mass is 9.97. The summed E-state index contributed by atoms with van der Waals surface area (Å²) in [7, 11) is 1.95. The zero-order valence-electron chi connectivity index (χ0n) is 12.6. The van der Waals surface area contributed by atoms with E-state index >= 15 is 0 Å². The molecule has 2 rings (SSSR count). The smallest absolute Gasteiger partial charge is 0.123 e. The molecule has 4 heteroatoms. The van der Waals surface area contributed by atoms with E-state index in [-0.39, 0.29) is 11.9 Å². The van der Waals surface area contributed by atoms with Gasteiger partial charge in [-0.25, -0.2) is 4.39 Å². The average molecular weight is 275 g/mol. The molecule has 1 unspecified atom stereocenters. The predicted octanol–water partition coefficient (Wildman–Crippen LogP) is 3.07. The largest absolute Gasteiger partial charge is 0.310 e. The van der Waals surface area contributed by atoms with Gasteiger partial charge in [-0.2, -0.15) is 5.10 Å². The molecule has 1 heterocycles. The Kier molecular flexibility index (Phi) is 4.55. The van der Waals surface area contributed by atoms with Gasteiger partial charge in [0.05, 0.1) is 5.69 Å². The molecule has 108 valence electrons. The summed E-state index contributed by atoms with van der Waals surface area (Å²) < 4.78 is 15.4. The molecule has 0 saturated heterocycles. The summed E-state index contributed by atoms with van der Waals surface area (Å²) in [4.78, 5) is 0. The monoisotopic (exact) mass is 275 g/mol. The van der Waals surface area contributed by atoms with Crippen LogP contribution in [0.1, 0.15) is 35.5 Å². The quantitative estimate of drug-likeness (QED) is 0.909. The van der Waals surface area contributed by atoms with E-state index in [0.717, 1.165) is 35.5 Å². The molecular formula is C16H22FN3. The molecule has 0 aliphatic rings. The fraction of sp³-hybridized carbons (Fsp3) is 0.438. The number of aryl methyl sites for hydroxylation is 3. The number of hydrogen-bond acceptors (Lipinski definition) is 2. The normalized spacial score (nSPS) is 12.7. The lowest BCUT2D eigenvalue weighted by molar-refractivity contribution is 0.521. The highest BCUT2D eigenvalue weighted by molar-refractivity contribution is 5.31. The maximum absolute atomic E-state index is 13.5. The second-order valence-corrected chi connectivity index (χ2v) is 5.22. The third-order valence-corrected chi connectivity index (χ3v) is 3.58. The first kappa shape index (κ1) is 14.7. The van der Waals surface area contributed by atoms with Crippen LogP contribution in [0.15, 0.2) is 24.3 Å². The first-order valence-corrected chi connectivity index (χ1v) is 7.00. The molecule has 20 heavy (non-hydrogen) atoms. The first-order chi connectivity index (χ1) is 9.51. The molecule has 3 nitrogen and oxygen atoms in total. The molecule has 0 spiro atoms. The number of nitrogens with one attached hydrogen (secondary N) is 1. The maximum Gasteiger partial charge on any atom is 0.123 e. The van der Waals surface area contributed by atoms with Crippen molar-refractivity contribution >= 4 is 0 Å². The van der Waals surface area contributed by atoms with Crippen LogP contribution in [-0.4, -0.2) is 16.3 Å². The van der Waals surface area contributed by atoms with Crippen molar-refractivity contribution in [1.82, 2.24) is 15.1 Å². The van der Waals surface area contributed by atoms with Gasteiger partial charge in [-0.15, -0.1) is 0 Å². The third kappa shape index (κ3) is 3.25. The molecule has 0 aliphatic heterocycles. The summed E-state index contributed by atoms with van der Waals surface area (Å²) in [5, 5.41) is 7.82. The van der Waals surface area contributed by atoms with E-state index in [1.165, 1.54) is 6.07 Å². The van der Waals surface area contributed by atoms with Gasteiger partial charge in [-0.1, -0.05) is 13.0 Å². The van der Waals surface area contributed by atoms with Gasteiger partial charge >= 0.3 is 0 Å². The standard InChI is InChI=1S/C16H22FN3/c1-5-18-16(10-14-8-12(3)19-20(14)4)15-9-13(17)7-6-11(15)2/h6-9,16,18H,5,10H2,1-4H3. The van der Waals surface area contributed by atoms with Crippen molar-refractivity contribution in [3.8, 4) is 0 Å². The third-order valence-electron chi connectivity index (χ3n) is 3.58. The molecule has 1 aromatic carbocycles. The SMILES string of the molecule is CCNC(Cc1cc(C)nn1C)c1cc(F)ccc1C. The maximum atomic E-state index is 13.5. The molecule has 1 atom stereocenters. The van der Waals surface area contributed by atoms with E-state index in [2.05, 4.69) is 23.4 Å². The van der Waals surface area contributed by atoms with Crippen LogP contribution in [0.5, 0.6) is 0 Å². The van der Waals surface area contributed by atoms with Crippen molar-refractivity contribution in [1.29, 1.82) is 0 Å². The average Bonchev–Trinajstić information content (AvgIpc) is 2.70. The van der Waals surface area contributed by atoms with Gasteiger partial charge in [0.25, 0.3) is 0 Å².